The minimum atomic E-state index is -0.238. The predicted octanol–water partition coefficient (Wildman–Crippen LogP) is 4.01. The summed E-state index contributed by atoms with van der Waals surface area (Å²) in [5, 5.41) is 12.3. The zero-order chi connectivity index (χ0) is 20.1. The summed E-state index contributed by atoms with van der Waals surface area (Å²) in [4.78, 5) is 14.7. The van der Waals surface area contributed by atoms with Crippen LogP contribution in [0.5, 0.6) is 0 Å². The van der Waals surface area contributed by atoms with Crippen LogP contribution in [-0.2, 0) is 14.3 Å². The third-order valence-corrected chi connectivity index (χ3v) is 4.62. The van der Waals surface area contributed by atoms with E-state index in [9.17, 15) is 4.79 Å². The number of hydrogen-bond acceptors (Lipinski definition) is 6. The SMILES string of the molecule is Cc1nn2nc(-c3ccc(NCOCOC(=O)CCC(C)C)cc3)[nH]c2c1Cl. The van der Waals surface area contributed by atoms with Gasteiger partial charge in [0.15, 0.2) is 18.3 Å². The van der Waals surface area contributed by atoms with Crippen LogP contribution in [0, 0.1) is 12.8 Å². The third-order valence-electron chi connectivity index (χ3n) is 4.17. The van der Waals surface area contributed by atoms with Gasteiger partial charge >= 0.3 is 5.97 Å². The second-order valence-corrected chi connectivity index (χ2v) is 7.26. The zero-order valence-corrected chi connectivity index (χ0v) is 16.9. The second kappa shape index (κ2) is 9.07. The van der Waals surface area contributed by atoms with E-state index >= 15 is 0 Å². The number of carbonyl (C=O) groups is 1. The molecule has 9 heteroatoms. The Bertz CT molecular complexity index is 933. The molecule has 2 N–H and O–H groups in total. The van der Waals surface area contributed by atoms with Crippen molar-refractivity contribution >= 4 is 28.9 Å². The van der Waals surface area contributed by atoms with Crippen molar-refractivity contribution in [2.24, 2.45) is 5.92 Å². The molecule has 0 aliphatic rings. The number of ether oxygens (including phenoxy) is 2. The van der Waals surface area contributed by atoms with E-state index in [-0.39, 0.29) is 19.5 Å². The fourth-order valence-corrected chi connectivity index (χ4v) is 2.70. The van der Waals surface area contributed by atoms with Gasteiger partial charge in [0, 0.05) is 17.7 Å². The summed E-state index contributed by atoms with van der Waals surface area (Å²) in [6.07, 6.45) is 1.23. The molecule has 0 saturated heterocycles. The molecule has 0 saturated carbocycles. The quantitative estimate of drug-likeness (QED) is 0.317. The van der Waals surface area contributed by atoms with Crippen molar-refractivity contribution in [2.75, 3.05) is 18.8 Å². The van der Waals surface area contributed by atoms with Gasteiger partial charge in [0.25, 0.3) is 0 Å². The number of esters is 1. The Balaban J connectivity index is 1.45. The number of hydrogen-bond donors (Lipinski definition) is 2. The molecule has 28 heavy (non-hydrogen) atoms. The molecule has 150 valence electrons. The van der Waals surface area contributed by atoms with E-state index < -0.39 is 0 Å². The van der Waals surface area contributed by atoms with Gasteiger partial charge in [-0.05, 0) is 43.5 Å². The van der Waals surface area contributed by atoms with Crippen LogP contribution in [0.25, 0.3) is 17.0 Å². The topological polar surface area (TPSA) is 93.5 Å². The first-order valence-corrected chi connectivity index (χ1v) is 9.50. The first-order chi connectivity index (χ1) is 13.4. The van der Waals surface area contributed by atoms with E-state index in [2.05, 4.69) is 34.3 Å². The standard InChI is InChI=1S/C19H24ClN5O3/c1-12(2)4-9-16(26)28-11-27-10-21-15-7-5-14(6-8-15)18-22-19-17(20)13(3)23-25(19)24-18/h5-8,12,21H,4,9-11H2,1-3H3,(H,22,24). The van der Waals surface area contributed by atoms with Gasteiger partial charge in [-0.1, -0.05) is 25.4 Å². The Labute approximate surface area is 168 Å². The third kappa shape index (κ3) is 5.02. The van der Waals surface area contributed by atoms with Crippen LogP contribution in [0.3, 0.4) is 0 Å². The van der Waals surface area contributed by atoms with Crippen molar-refractivity contribution < 1.29 is 14.3 Å². The van der Waals surface area contributed by atoms with Crippen LogP contribution < -0.4 is 5.32 Å². The molecule has 2 heterocycles. The van der Waals surface area contributed by atoms with Gasteiger partial charge in [0.05, 0.1) is 5.69 Å². The van der Waals surface area contributed by atoms with Crippen LogP contribution >= 0.6 is 11.6 Å². The van der Waals surface area contributed by atoms with Crippen LogP contribution in [0.15, 0.2) is 24.3 Å². The maximum absolute atomic E-state index is 11.5. The Morgan fingerprint density at radius 2 is 2.04 bits per heavy atom. The molecule has 0 spiro atoms. The number of H-pyrrole nitrogens is 1. The van der Waals surface area contributed by atoms with Crippen LogP contribution in [0.2, 0.25) is 5.02 Å². The van der Waals surface area contributed by atoms with Crippen LogP contribution in [0.1, 0.15) is 32.4 Å². The Morgan fingerprint density at radius 1 is 1.29 bits per heavy atom. The van der Waals surface area contributed by atoms with Gasteiger partial charge in [0.2, 0.25) is 0 Å². The number of halogens is 1. The highest BCUT2D eigenvalue weighted by Gasteiger charge is 2.12. The van der Waals surface area contributed by atoms with Crippen molar-refractivity contribution in [1.29, 1.82) is 0 Å². The molecule has 0 radical (unpaired) electrons. The second-order valence-electron chi connectivity index (χ2n) is 6.88. The Hall–Kier alpha value is -2.58. The summed E-state index contributed by atoms with van der Waals surface area (Å²) in [6.45, 7) is 6.15. The number of carbonyl (C=O) groups excluding carboxylic acids is 1. The van der Waals surface area contributed by atoms with E-state index in [4.69, 9.17) is 21.1 Å². The van der Waals surface area contributed by atoms with Gasteiger partial charge in [-0.3, -0.25) is 4.79 Å². The molecule has 2 aromatic heterocycles. The van der Waals surface area contributed by atoms with Crippen molar-refractivity contribution in [3.63, 3.8) is 0 Å². The minimum Gasteiger partial charge on any atom is -0.438 e. The molecule has 0 atom stereocenters. The Morgan fingerprint density at radius 3 is 2.71 bits per heavy atom. The first-order valence-electron chi connectivity index (χ1n) is 9.13. The van der Waals surface area contributed by atoms with E-state index in [1.807, 2.05) is 31.2 Å². The summed E-state index contributed by atoms with van der Waals surface area (Å²) in [6, 6.07) is 7.66. The fourth-order valence-electron chi connectivity index (χ4n) is 2.54. The summed E-state index contributed by atoms with van der Waals surface area (Å²) in [5.41, 5.74) is 3.19. The van der Waals surface area contributed by atoms with E-state index in [0.29, 0.717) is 28.8 Å². The largest absolute Gasteiger partial charge is 0.438 e. The number of nitrogens with zero attached hydrogens (tertiary/aromatic N) is 3. The van der Waals surface area contributed by atoms with E-state index in [0.717, 1.165) is 23.4 Å². The van der Waals surface area contributed by atoms with Crippen molar-refractivity contribution in [3.05, 3.63) is 35.0 Å². The molecular formula is C19H24ClN5O3. The average molecular weight is 406 g/mol. The lowest BCUT2D eigenvalue weighted by atomic mass is 10.1. The number of aromatic amines is 1. The highest BCUT2D eigenvalue weighted by atomic mass is 35.5. The molecule has 3 aromatic rings. The van der Waals surface area contributed by atoms with Crippen molar-refractivity contribution in [1.82, 2.24) is 19.8 Å². The average Bonchev–Trinajstić information content (AvgIpc) is 3.20. The van der Waals surface area contributed by atoms with Crippen LogP contribution in [-0.4, -0.2) is 39.3 Å². The fraction of sp³-hybridized carbons (Fsp3) is 0.421. The molecule has 8 nitrogen and oxygen atoms in total. The molecule has 3 rings (SSSR count). The molecule has 0 fully saturated rings. The van der Waals surface area contributed by atoms with E-state index in [1.54, 1.807) is 0 Å². The van der Waals surface area contributed by atoms with Crippen LogP contribution in [0.4, 0.5) is 5.69 Å². The molecule has 0 bridgehead atoms. The first kappa shape index (κ1) is 20.2. The number of nitrogens with one attached hydrogen (secondary N) is 2. The van der Waals surface area contributed by atoms with Gasteiger partial charge in [0.1, 0.15) is 11.8 Å². The Kier molecular flexibility index (Phi) is 6.53. The maximum Gasteiger partial charge on any atom is 0.307 e. The summed E-state index contributed by atoms with van der Waals surface area (Å²) in [5.74, 6) is 0.921. The van der Waals surface area contributed by atoms with Gasteiger partial charge in [-0.25, -0.2) is 0 Å². The molecular weight excluding hydrogens is 382 g/mol. The predicted molar refractivity (Wildman–Crippen MR) is 107 cm³/mol. The van der Waals surface area contributed by atoms with Gasteiger partial charge in [-0.15, -0.1) is 9.73 Å². The van der Waals surface area contributed by atoms with Crippen molar-refractivity contribution in [2.45, 2.75) is 33.6 Å². The smallest absolute Gasteiger partial charge is 0.307 e. The molecule has 0 aliphatic heterocycles. The highest BCUT2D eigenvalue weighted by molar-refractivity contribution is 6.34. The summed E-state index contributed by atoms with van der Waals surface area (Å²) < 4.78 is 11.8. The van der Waals surface area contributed by atoms with Gasteiger partial charge in [-0.2, -0.15) is 5.10 Å². The number of aryl methyl sites for hydroxylation is 1. The lowest BCUT2D eigenvalue weighted by Crippen LogP contribution is -2.13. The molecule has 1 aromatic carbocycles. The molecule has 0 amide bonds. The monoisotopic (exact) mass is 405 g/mol. The number of rotatable bonds is 9. The molecule has 0 aliphatic carbocycles. The maximum atomic E-state index is 11.5. The minimum absolute atomic E-state index is 0.0611. The number of fused-ring (bicyclic) bond motifs is 1. The lowest BCUT2D eigenvalue weighted by Gasteiger charge is -2.09. The lowest BCUT2D eigenvalue weighted by molar-refractivity contribution is -0.155. The summed E-state index contributed by atoms with van der Waals surface area (Å²) >= 11 is 6.19. The van der Waals surface area contributed by atoms with E-state index in [1.165, 1.54) is 4.63 Å². The number of benzene rings is 1. The normalized spacial score (nSPS) is 11.3. The number of anilines is 1. The summed E-state index contributed by atoms with van der Waals surface area (Å²) in [7, 11) is 0. The zero-order valence-electron chi connectivity index (χ0n) is 16.2. The highest BCUT2D eigenvalue weighted by Crippen LogP contribution is 2.24. The van der Waals surface area contributed by atoms with Crippen molar-refractivity contribution in [3.8, 4) is 11.4 Å². The number of aromatic nitrogens is 4. The van der Waals surface area contributed by atoms with Gasteiger partial charge < -0.3 is 19.8 Å². The molecule has 0 unspecified atom stereocenters.